The molecule has 6 nitrogen and oxygen atoms in total. The molecule has 0 atom stereocenters. The molecule has 7 heteroatoms. The van der Waals surface area contributed by atoms with Crippen molar-refractivity contribution in [1.82, 2.24) is 15.0 Å². The molecule has 2 N–H and O–H groups in total. The lowest BCUT2D eigenvalue weighted by Crippen LogP contribution is -2.08. The summed E-state index contributed by atoms with van der Waals surface area (Å²) in [6.07, 6.45) is 0.861. The second kappa shape index (κ2) is 7.75. The minimum absolute atomic E-state index is 0.0143. The molecule has 1 heterocycles. The van der Waals surface area contributed by atoms with Gasteiger partial charge in [0.05, 0.1) is 13.2 Å². The summed E-state index contributed by atoms with van der Waals surface area (Å²) in [5.74, 6) is 0.357. The van der Waals surface area contributed by atoms with Crippen molar-refractivity contribution >= 4 is 17.5 Å². The van der Waals surface area contributed by atoms with Gasteiger partial charge in [-0.25, -0.2) is 0 Å². The quantitative estimate of drug-likeness (QED) is 0.817. The smallest absolute Gasteiger partial charge is 0.322 e. The van der Waals surface area contributed by atoms with Crippen LogP contribution in [0, 0.1) is 0 Å². The minimum Gasteiger partial charge on any atom is -0.463 e. The number of aliphatic hydroxyl groups is 1. The van der Waals surface area contributed by atoms with Crippen molar-refractivity contribution in [3.63, 3.8) is 0 Å². The number of aliphatic hydroxyl groups excluding tert-OH is 1. The Kier molecular flexibility index (Phi) is 5.71. The standard InChI is InChI=1S/C14H17ClN4O2/c1-2-6-21-14-18-12(15)17-13(19-14)16-8-10-4-3-5-11(7-10)9-20/h3-5,7,20H,2,6,8-9H2,1H3,(H,16,17,18,19). The van der Waals surface area contributed by atoms with Crippen LogP contribution in [0.5, 0.6) is 6.01 Å². The van der Waals surface area contributed by atoms with E-state index in [0.717, 1.165) is 17.5 Å². The van der Waals surface area contributed by atoms with Crippen LogP contribution >= 0.6 is 11.6 Å². The molecule has 0 unspecified atom stereocenters. The van der Waals surface area contributed by atoms with Crippen LogP contribution < -0.4 is 10.1 Å². The normalized spacial score (nSPS) is 10.4. The Hall–Kier alpha value is -1.92. The highest BCUT2D eigenvalue weighted by atomic mass is 35.5. The second-order valence-electron chi connectivity index (χ2n) is 4.39. The molecule has 0 bridgehead atoms. The van der Waals surface area contributed by atoms with Crippen LogP contribution in [0.25, 0.3) is 0 Å². The van der Waals surface area contributed by atoms with Gasteiger partial charge in [-0.15, -0.1) is 0 Å². The fraction of sp³-hybridized carbons (Fsp3) is 0.357. The summed E-state index contributed by atoms with van der Waals surface area (Å²) in [5, 5.41) is 12.3. The summed E-state index contributed by atoms with van der Waals surface area (Å²) in [4.78, 5) is 12.0. The van der Waals surface area contributed by atoms with Crippen molar-refractivity contribution in [3.8, 4) is 6.01 Å². The van der Waals surface area contributed by atoms with E-state index in [2.05, 4.69) is 20.3 Å². The van der Waals surface area contributed by atoms with E-state index in [1.165, 1.54) is 0 Å². The monoisotopic (exact) mass is 308 g/mol. The van der Waals surface area contributed by atoms with Gasteiger partial charge in [0.2, 0.25) is 11.2 Å². The zero-order chi connectivity index (χ0) is 15.1. The Morgan fingerprint density at radius 1 is 1.24 bits per heavy atom. The molecule has 1 aromatic carbocycles. The number of hydrogen-bond donors (Lipinski definition) is 2. The van der Waals surface area contributed by atoms with E-state index >= 15 is 0 Å². The topological polar surface area (TPSA) is 80.2 Å². The Labute approximate surface area is 128 Å². The van der Waals surface area contributed by atoms with Crippen molar-refractivity contribution in [2.45, 2.75) is 26.5 Å². The maximum Gasteiger partial charge on any atom is 0.322 e. The van der Waals surface area contributed by atoms with Gasteiger partial charge in [-0.3, -0.25) is 0 Å². The number of rotatable bonds is 7. The van der Waals surface area contributed by atoms with E-state index in [-0.39, 0.29) is 17.9 Å². The van der Waals surface area contributed by atoms with Gasteiger partial charge in [0.15, 0.2) is 0 Å². The Morgan fingerprint density at radius 3 is 2.81 bits per heavy atom. The molecular weight excluding hydrogens is 292 g/mol. The van der Waals surface area contributed by atoms with Crippen molar-refractivity contribution in [2.75, 3.05) is 11.9 Å². The van der Waals surface area contributed by atoms with Gasteiger partial charge in [0.1, 0.15) is 0 Å². The highest BCUT2D eigenvalue weighted by Gasteiger charge is 2.06. The van der Waals surface area contributed by atoms with Gasteiger partial charge in [-0.1, -0.05) is 31.2 Å². The summed E-state index contributed by atoms with van der Waals surface area (Å²) in [6.45, 7) is 3.05. The lowest BCUT2D eigenvalue weighted by atomic mass is 10.1. The molecule has 1 aromatic heterocycles. The third-order valence-corrected chi connectivity index (χ3v) is 2.82. The number of anilines is 1. The minimum atomic E-state index is 0.0143. The zero-order valence-electron chi connectivity index (χ0n) is 11.7. The number of hydrogen-bond acceptors (Lipinski definition) is 6. The molecule has 0 spiro atoms. The highest BCUT2D eigenvalue weighted by molar-refractivity contribution is 6.28. The first-order chi connectivity index (χ1) is 10.2. The van der Waals surface area contributed by atoms with E-state index < -0.39 is 0 Å². The molecular formula is C14H17ClN4O2. The van der Waals surface area contributed by atoms with E-state index in [1.54, 1.807) is 0 Å². The first-order valence-electron chi connectivity index (χ1n) is 6.68. The molecule has 0 saturated carbocycles. The molecule has 0 aliphatic heterocycles. The van der Waals surface area contributed by atoms with Crippen LogP contribution in [-0.2, 0) is 13.2 Å². The van der Waals surface area contributed by atoms with Crippen LogP contribution in [0.2, 0.25) is 5.28 Å². The van der Waals surface area contributed by atoms with Gasteiger partial charge >= 0.3 is 6.01 Å². The highest BCUT2D eigenvalue weighted by Crippen LogP contribution is 2.13. The first-order valence-corrected chi connectivity index (χ1v) is 7.06. The fourth-order valence-corrected chi connectivity index (χ4v) is 1.84. The number of nitrogens with one attached hydrogen (secondary N) is 1. The largest absolute Gasteiger partial charge is 0.463 e. The van der Waals surface area contributed by atoms with Crippen LogP contribution in [0.4, 0.5) is 5.95 Å². The number of ether oxygens (including phenoxy) is 1. The predicted octanol–water partition coefficient (Wildman–Crippen LogP) is 2.42. The number of nitrogens with zero attached hydrogens (tertiary/aromatic N) is 3. The summed E-state index contributed by atoms with van der Waals surface area (Å²) >= 11 is 5.84. The van der Waals surface area contributed by atoms with E-state index in [0.29, 0.717) is 19.1 Å². The molecule has 0 aliphatic rings. The number of halogens is 1. The summed E-state index contributed by atoms with van der Waals surface area (Å²) < 4.78 is 5.35. The van der Waals surface area contributed by atoms with Crippen molar-refractivity contribution in [2.24, 2.45) is 0 Å². The van der Waals surface area contributed by atoms with Crippen LogP contribution in [0.1, 0.15) is 24.5 Å². The third kappa shape index (κ3) is 4.84. The summed E-state index contributed by atoms with van der Waals surface area (Å²) in [6, 6.07) is 7.82. The van der Waals surface area contributed by atoms with Gasteiger partial charge in [-0.2, -0.15) is 15.0 Å². The van der Waals surface area contributed by atoms with Gasteiger partial charge in [0.25, 0.3) is 0 Å². The molecule has 0 fully saturated rings. The molecule has 21 heavy (non-hydrogen) atoms. The molecule has 112 valence electrons. The number of aromatic nitrogens is 3. The van der Waals surface area contributed by atoms with Crippen molar-refractivity contribution < 1.29 is 9.84 Å². The maximum atomic E-state index is 9.12. The molecule has 2 rings (SSSR count). The second-order valence-corrected chi connectivity index (χ2v) is 4.73. The molecule has 0 saturated heterocycles. The van der Waals surface area contributed by atoms with Gasteiger partial charge in [-0.05, 0) is 29.1 Å². The van der Waals surface area contributed by atoms with Crippen LogP contribution in [0.15, 0.2) is 24.3 Å². The molecule has 0 radical (unpaired) electrons. The Balaban J connectivity index is 2.03. The van der Waals surface area contributed by atoms with Crippen LogP contribution in [0.3, 0.4) is 0 Å². The fourth-order valence-electron chi connectivity index (χ4n) is 1.69. The van der Waals surface area contributed by atoms with E-state index in [1.807, 2.05) is 31.2 Å². The van der Waals surface area contributed by atoms with Crippen molar-refractivity contribution in [1.29, 1.82) is 0 Å². The average Bonchev–Trinajstić information content (AvgIpc) is 2.50. The third-order valence-electron chi connectivity index (χ3n) is 2.65. The van der Waals surface area contributed by atoms with E-state index in [4.69, 9.17) is 21.4 Å². The summed E-state index contributed by atoms with van der Waals surface area (Å²) in [5.41, 5.74) is 1.86. The number of benzene rings is 1. The predicted molar refractivity (Wildman–Crippen MR) is 80.3 cm³/mol. The average molecular weight is 309 g/mol. The van der Waals surface area contributed by atoms with Gasteiger partial charge in [0, 0.05) is 6.54 Å². The maximum absolute atomic E-state index is 9.12. The Bertz CT molecular complexity index is 595. The lowest BCUT2D eigenvalue weighted by molar-refractivity contribution is 0.281. The Morgan fingerprint density at radius 2 is 2.05 bits per heavy atom. The van der Waals surface area contributed by atoms with E-state index in [9.17, 15) is 0 Å². The molecule has 0 amide bonds. The summed E-state index contributed by atoms with van der Waals surface area (Å²) in [7, 11) is 0. The molecule has 2 aromatic rings. The lowest BCUT2D eigenvalue weighted by Gasteiger charge is -2.08. The van der Waals surface area contributed by atoms with Gasteiger partial charge < -0.3 is 15.2 Å². The van der Waals surface area contributed by atoms with Crippen molar-refractivity contribution in [3.05, 3.63) is 40.7 Å². The molecule has 0 aliphatic carbocycles. The zero-order valence-corrected chi connectivity index (χ0v) is 12.5. The van der Waals surface area contributed by atoms with Crippen LogP contribution in [-0.4, -0.2) is 26.7 Å². The first kappa shape index (κ1) is 15.5. The SMILES string of the molecule is CCCOc1nc(Cl)nc(NCc2cccc(CO)c2)n1.